The minimum absolute atomic E-state index is 0.0597. The molecule has 0 radical (unpaired) electrons. The summed E-state index contributed by atoms with van der Waals surface area (Å²) in [5, 5.41) is 0.626. The largest absolute Gasteiger partial charge is 0.345 e. The molecule has 15 heavy (non-hydrogen) atoms. The molecule has 0 amide bonds. The molecule has 0 fully saturated rings. The monoisotopic (exact) mass is 400 g/mol. The Morgan fingerprint density at radius 3 is 2.93 bits per heavy atom. The average molecular weight is 401 g/mol. The summed E-state index contributed by atoms with van der Waals surface area (Å²) in [5.74, 6) is 0. The first-order valence-electron chi connectivity index (χ1n) is 3.96. The van der Waals surface area contributed by atoms with Crippen molar-refractivity contribution in [1.82, 2.24) is 9.97 Å². The zero-order chi connectivity index (χ0) is 11.1. The maximum atomic E-state index is 11.7. The molecule has 4 nitrogen and oxygen atoms in total. The molecule has 0 unspecified atom stereocenters. The molecule has 0 atom stereocenters. The predicted octanol–water partition coefficient (Wildman–Crippen LogP) is 2.49. The summed E-state index contributed by atoms with van der Waals surface area (Å²) in [7, 11) is -3.20. The molecule has 0 bridgehead atoms. The van der Waals surface area contributed by atoms with Crippen molar-refractivity contribution in [2.75, 3.05) is 3.76 Å². The summed E-state index contributed by atoms with van der Waals surface area (Å²) in [5.41, 5.74) is 0.585. The van der Waals surface area contributed by atoms with Gasteiger partial charge in [0.1, 0.15) is 9.41 Å². The molecule has 0 aliphatic heterocycles. The fraction of sp³-hybridized carbons (Fsp3) is 0.125. The van der Waals surface area contributed by atoms with Crippen LogP contribution in [0.2, 0.25) is 0 Å². The van der Waals surface area contributed by atoms with Crippen molar-refractivity contribution >= 4 is 59.4 Å². The van der Waals surface area contributed by atoms with Crippen LogP contribution in [0.4, 0.5) is 0 Å². The van der Waals surface area contributed by atoms with Crippen LogP contribution in [0.1, 0.15) is 0 Å². The SMILES string of the molecule is O=S(=O)(CI)c1c[nH]c2ncc(Br)cc12. The lowest BCUT2D eigenvalue weighted by molar-refractivity contribution is 0.602. The van der Waals surface area contributed by atoms with E-state index in [2.05, 4.69) is 25.9 Å². The normalized spacial score (nSPS) is 12.1. The number of fused-ring (bicyclic) bond motifs is 1. The number of aromatic amines is 1. The molecule has 0 aliphatic carbocycles. The van der Waals surface area contributed by atoms with Gasteiger partial charge in [-0.2, -0.15) is 0 Å². The van der Waals surface area contributed by atoms with Gasteiger partial charge in [-0.15, -0.1) is 0 Å². The highest BCUT2D eigenvalue weighted by atomic mass is 127. The van der Waals surface area contributed by atoms with Crippen molar-refractivity contribution in [3.63, 3.8) is 0 Å². The van der Waals surface area contributed by atoms with Gasteiger partial charge >= 0.3 is 0 Å². The molecule has 1 N–H and O–H groups in total. The molecule has 0 saturated heterocycles. The molecule has 0 saturated carbocycles. The minimum Gasteiger partial charge on any atom is -0.345 e. The Hall–Kier alpha value is -0.150. The number of halogens is 2. The van der Waals surface area contributed by atoms with Gasteiger partial charge in [-0.05, 0) is 22.0 Å². The lowest BCUT2D eigenvalue weighted by Gasteiger charge is -1.97. The number of alkyl halides is 1. The van der Waals surface area contributed by atoms with Gasteiger partial charge in [-0.25, -0.2) is 13.4 Å². The number of rotatable bonds is 2. The van der Waals surface area contributed by atoms with Gasteiger partial charge in [0.05, 0.1) is 4.90 Å². The number of hydrogen-bond acceptors (Lipinski definition) is 3. The molecular weight excluding hydrogens is 395 g/mol. The summed E-state index contributed by atoms with van der Waals surface area (Å²) in [6, 6.07) is 1.75. The fourth-order valence-corrected chi connectivity index (χ4v) is 3.45. The Labute approximate surface area is 109 Å². The lowest BCUT2D eigenvalue weighted by Crippen LogP contribution is -2.00. The van der Waals surface area contributed by atoms with Crippen molar-refractivity contribution in [3.05, 3.63) is 22.9 Å². The van der Waals surface area contributed by atoms with Crippen LogP contribution in [0, 0.1) is 0 Å². The van der Waals surface area contributed by atoms with E-state index in [4.69, 9.17) is 0 Å². The van der Waals surface area contributed by atoms with Crippen LogP contribution in [0.25, 0.3) is 11.0 Å². The minimum atomic E-state index is -3.20. The van der Waals surface area contributed by atoms with Gasteiger partial charge < -0.3 is 4.98 Å². The molecule has 0 aromatic carbocycles. The second-order valence-corrected chi connectivity index (χ2v) is 7.60. The van der Waals surface area contributed by atoms with Gasteiger partial charge in [-0.1, -0.05) is 22.6 Å². The van der Waals surface area contributed by atoms with E-state index < -0.39 is 9.84 Å². The van der Waals surface area contributed by atoms with E-state index in [0.29, 0.717) is 15.9 Å². The number of pyridine rings is 1. The summed E-state index contributed by atoms with van der Waals surface area (Å²) in [6.45, 7) is 0. The quantitative estimate of drug-likeness (QED) is 0.622. The van der Waals surface area contributed by atoms with Crippen LogP contribution < -0.4 is 0 Å². The zero-order valence-corrected chi connectivity index (χ0v) is 11.9. The molecule has 2 aromatic rings. The maximum Gasteiger partial charge on any atom is 0.189 e. The first-order valence-corrected chi connectivity index (χ1v) is 7.93. The lowest BCUT2D eigenvalue weighted by atomic mass is 10.3. The first-order chi connectivity index (χ1) is 7.04. The average Bonchev–Trinajstić information content (AvgIpc) is 2.61. The van der Waals surface area contributed by atoms with Crippen LogP contribution >= 0.6 is 38.5 Å². The van der Waals surface area contributed by atoms with Crippen LogP contribution in [-0.4, -0.2) is 22.1 Å². The Balaban J connectivity index is 2.78. The number of hydrogen-bond donors (Lipinski definition) is 1. The standard InChI is InChI=1S/C8H6BrIN2O2S/c9-5-1-6-7(15(13,14)4-10)3-12-8(6)11-2-5/h1-3H,4H2,(H,11,12). The molecule has 80 valence electrons. The Bertz CT molecular complexity index is 608. The highest BCUT2D eigenvalue weighted by molar-refractivity contribution is 14.1. The summed E-state index contributed by atoms with van der Waals surface area (Å²) in [6.07, 6.45) is 3.11. The van der Waals surface area contributed by atoms with Gasteiger partial charge in [-0.3, -0.25) is 0 Å². The smallest absolute Gasteiger partial charge is 0.189 e. The third-order valence-corrected chi connectivity index (χ3v) is 6.13. The van der Waals surface area contributed by atoms with E-state index in [9.17, 15) is 8.42 Å². The van der Waals surface area contributed by atoms with E-state index >= 15 is 0 Å². The predicted molar refractivity (Wildman–Crippen MR) is 69.9 cm³/mol. The Morgan fingerprint density at radius 2 is 2.27 bits per heavy atom. The van der Waals surface area contributed by atoms with Crippen molar-refractivity contribution in [2.24, 2.45) is 0 Å². The van der Waals surface area contributed by atoms with E-state index in [0.717, 1.165) is 4.47 Å². The van der Waals surface area contributed by atoms with Gasteiger partial charge in [0, 0.05) is 22.3 Å². The number of H-pyrrole nitrogens is 1. The molecule has 7 heteroatoms. The number of aromatic nitrogens is 2. The molecule has 0 spiro atoms. The number of sulfone groups is 1. The summed E-state index contributed by atoms with van der Waals surface area (Å²) >= 11 is 5.11. The van der Waals surface area contributed by atoms with Crippen LogP contribution in [-0.2, 0) is 9.84 Å². The van der Waals surface area contributed by atoms with E-state index in [1.165, 1.54) is 6.20 Å². The number of nitrogens with one attached hydrogen (secondary N) is 1. The third kappa shape index (κ3) is 2.04. The van der Waals surface area contributed by atoms with Gasteiger partial charge in [0.25, 0.3) is 0 Å². The van der Waals surface area contributed by atoms with Crippen LogP contribution in [0.3, 0.4) is 0 Å². The van der Waals surface area contributed by atoms with Crippen LogP contribution in [0.5, 0.6) is 0 Å². The molecule has 2 aromatic heterocycles. The van der Waals surface area contributed by atoms with Crippen molar-refractivity contribution in [3.8, 4) is 0 Å². The van der Waals surface area contributed by atoms with Crippen molar-refractivity contribution in [1.29, 1.82) is 0 Å². The highest BCUT2D eigenvalue weighted by Gasteiger charge is 2.18. The number of nitrogens with zero attached hydrogens (tertiary/aromatic N) is 1. The summed E-state index contributed by atoms with van der Waals surface area (Å²) in [4.78, 5) is 7.23. The van der Waals surface area contributed by atoms with Crippen molar-refractivity contribution in [2.45, 2.75) is 4.90 Å². The topological polar surface area (TPSA) is 62.8 Å². The second kappa shape index (κ2) is 4.02. The van der Waals surface area contributed by atoms with Gasteiger partial charge in [0.2, 0.25) is 0 Å². The van der Waals surface area contributed by atoms with Crippen molar-refractivity contribution < 1.29 is 8.42 Å². The maximum absolute atomic E-state index is 11.7. The molecule has 2 heterocycles. The van der Waals surface area contributed by atoms with Gasteiger partial charge in [0.15, 0.2) is 9.84 Å². The van der Waals surface area contributed by atoms with E-state index in [1.807, 2.05) is 22.6 Å². The highest BCUT2D eigenvalue weighted by Crippen LogP contribution is 2.25. The van der Waals surface area contributed by atoms with E-state index in [1.54, 1.807) is 12.3 Å². The second-order valence-electron chi connectivity index (χ2n) is 2.93. The summed E-state index contributed by atoms with van der Waals surface area (Å²) < 4.78 is 24.3. The fourth-order valence-electron chi connectivity index (χ4n) is 1.27. The molecule has 0 aliphatic rings. The zero-order valence-electron chi connectivity index (χ0n) is 7.37. The molecule has 2 rings (SSSR count). The molecular formula is C8H6BrIN2O2S. The Morgan fingerprint density at radius 1 is 1.53 bits per heavy atom. The first kappa shape index (κ1) is 11.3. The van der Waals surface area contributed by atoms with E-state index in [-0.39, 0.29) is 3.76 Å². The van der Waals surface area contributed by atoms with Crippen LogP contribution in [0.15, 0.2) is 27.8 Å². The third-order valence-electron chi connectivity index (χ3n) is 1.94. The Kier molecular flexibility index (Phi) is 3.04.